The molecule has 0 aliphatic rings. The highest BCUT2D eigenvalue weighted by Gasteiger charge is 2.06. The molecule has 2 aromatic rings. The highest BCUT2D eigenvalue weighted by molar-refractivity contribution is 6.38. The molecule has 28 heavy (non-hydrogen) atoms. The third-order valence-corrected chi connectivity index (χ3v) is 4.90. The summed E-state index contributed by atoms with van der Waals surface area (Å²) in [5, 5.41) is 4.87. The monoisotopic (exact) mass is 420 g/mol. The van der Waals surface area contributed by atoms with Crippen LogP contribution in [-0.2, 0) is 0 Å². The number of carbonyl (C=O) groups is 1. The van der Waals surface area contributed by atoms with Gasteiger partial charge in [0.15, 0.2) is 0 Å². The first-order valence-corrected chi connectivity index (χ1v) is 10.4. The molecule has 6 heteroatoms. The molecule has 4 nitrogen and oxygen atoms in total. The summed E-state index contributed by atoms with van der Waals surface area (Å²) in [4.78, 5) is 12.2. The van der Waals surface area contributed by atoms with E-state index in [1.807, 2.05) is 0 Å². The summed E-state index contributed by atoms with van der Waals surface area (Å²) in [7, 11) is 0. The fourth-order valence-corrected chi connectivity index (χ4v) is 3.12. The molecule has 0 saturated carbocycles. The van der Waals surface area contributed by atoms with E-state index in [1.54, 1.807) is 42.5 Å². The molecule has 1 amide bonds. The van der Waals surface area contributed by atoms with Gasteiger partial charge in [-0.05, 0) is 42.8 Å². The normalized spacial score (nSPS) is 11.0. The van der Waals surface area contributed by atoms with Gasteiger partial charge in [0.05, 0.1) is 22.9 Å². The van der Waals surface area contributed by atoms with Crippen molar-refractivity contribution >= 4 is 35.3 Å². The topological polar surface area (TPSA) is 50.7 Å². The number of ether oxygens (including phenoxy) is 1. The second kappa shape index (κ2) is 12.4. The van der Waals surface area contributed by atoms with Gasteiger partial charge in [-0.3, -0.25) is 4.79 Å². The van der Waals surface area contributed by atoms with Crippen LogP contribution in [-0.4, -0.2) is 18.7 Å². The average Bonchev–Trinajstić information content (AvgIpc) is 2.70. The lowest BCUT2D eigenvalue weighted by Crippen LogP contribution is -2.17. The zero-order valence-corrected chi connectivity index (χ0v) is 17.6. The van der Waals surface area contributed by atoms with Crippen LogP contribution in [0.25, 0.3) is 0 Å². The van der Waals surface area contributed by atoms with Crippen molar-refractivity contribution in [3.63, 3.8) is 0 Å². The largest absolute Gasteiger partial charge is 0.494 e. The second-order valence-electron chi connectivity index (χ2n) is 6.48. The van der Waals surface area contributed by atoms with Gasteiger partial charge in [0.2, 0.25) is 0 Å². The lowest BCUT2D eigenvalue weighted by molar-refractivity contribution is 0.0955. The lowest BCUT2D eigenvalue weighted by atomic mass is 10.1. The highest BCUT2D eigenvalue weighted by Crippen LogP contribution is 2.22. The van der Waals surface area contributed by atoms with Crippen LogP contribution in [0.2, 0.25) is 10.0 Å². The summed E-state index contributed by atoms with van der Waals surface area (Å²) in [5.41, 5.74) is 3.52. The van der Waals surface area contributed by atoms with E-state index in [4.69, 9.17) is 27.9 Å². The number of unbranched alkanes of at least 4 members (excludes halogenated alkanes) is 5. The standard InChI is InChI=1S/C22H26Cl2N2O2/c1-2-3-4-5-6-7-15-28-18-13-11-17(12-14-18)22(27)26-25-16-19-20(23)9-8-10-21(19)24/h8-14,16H,2-7,15H2,1H3,(H,26,27). The van der Waals surface area contributed by atoms with Crippen LogP contribution in [0.3, 0.4) is 0 Å². The van der Waals surface area contributed by atoms with Gasteiger partial charge in [0.25, 0.3) is 5.91 Å². The Kier molecular flexibility index (Phi) is 9.87. The minimum Gasteiger partial charge on any atom is -0.494 e. The Labute approximate surface area is 176 Å². The van der Waals surface area contributed by atoms with Crippen molar-refractivity contribution in [2.75, 3.05) is 6.61 Å². The summed E-state index contributed by atoms with van der Waals surface area (Å²) in [5.74, 6) is 0.443. The van der Waals surface area contributed by atoms with Crippen molar-refractivity contribution in [1.29, 1.82) is 0 Å². The van der Waals surface area contributed by atoms with Crippen LogP contribution >= 0.6 is 23.2 Å². The minimum atomic E-state index is -0.318. The van der Waals surface area contributed by atoms with Gasteiger partial charge in [-0.1, -0.05) is 68.3 Å². The maximum Gasteiger partial charge on any atom is 0.271 e. The van der Waals surface area contributed by atoms with E-state index in [0.717, 1.165) is 12.2 Å². The molecule has 0 radical (unpaired) electrons. The summed E-state index contributed by atoms with van der Waals surface area (Å²) < 4.78 is 5.72. The molecule has 0 atom stereocenters. The smallest absolute Gasteiger partial charge is 0.271 e. The van der Waals surface area contributed by atoms with E-state index in [2.05, 4.69) is 17.5 Å². The van der Waals surface area contributed by atoms with Gasteiger partial charge < -0.3 is 4.74 Å². The Morgan fingerprint density at radius 2 is 1.64 bits per heavy atom. The van der Waals surface area contributed by atoms with Crippen LogP contribution in [0.1, 0.15) is 61.4 Å². The number of amides is 1. The van der Waals surface area contributed by atoms with Crippen molar-refractivity contribution in [1.82, 2.24) is 5.43 Å². The average molecular weight is 421 g/mol. The predicted octanol–water partition coefficient (Wildman–Crippen LogP) is 6.50. The molecular formula is C22H26Cl2N2O2. The molecule has 0 heterocycles. The third-order valence-electron chi connectivity index (χ3n) is 4.24. The molecule has 0 aromatic heterocycles. The lowest BCUT2D eigenvalue weighted by Gasteiger charge is -2.07. The number of rotatable bonds is 11. The van der Waals surface area contributed by atoms with Crippen LogP contribution in [0, 0.1) is 0 Å². The van der Waals surface area contributed by atoms with E-state index in [0.29, 0.717) is 27.8 Å². The van der Waals surface area contributed by atoms with Crippen LogP contribution in [0.5, 0.6) is 5.75 Å². The molecule has 2 aromatic carbocycles. The molecule has 0 saturated heterocycles. The van der Waals surface area contributed by atoms with Crippen LogP contribution < -0.4 is 10.2 Å². The zero-order valence-electron chi connectivity index (χ0n) is 16.1. The summed E-state index contributed by atoms with van der Waals surface area (Å²) in [6.07, 6.45) is 8.79. The van der Waals surface area contributed by atoms with Crippen molar-refractivity contribution in [2.45, 2.75) is 45.4 Å². The zero-order chi connectivity index (χ0) is 20.2. The number of carbonyl (C=O) groups excluding carboxylic acids is 1. The quantitative estimate of drug-likeness (QED) is 0.256. The first-order chi connectivity index (χ1) is 13.6. The third kappa shape index (κ3) is 7.53. The molecule has 0 bridgehead atoms. The van der Waals surface area contributed by atoms with Crippen molar-refractivity contribution in [3.05, 3.63) is 63.6 Å². The maximum atomic E-state index is 12.2. The van der Waals surface area contributed by atoms with E-state index in [9.17, 15) is 4.79 Å². The fourth-order valence-electron chi connectivity index (χ4n) is 2.63. The summed E-state index contributed by atoms with van der Waals surface area (Å²) in [6, 6.07) is 12.2. The van der Waals surface area contributed by atoms with Gasteiger partial charge >= 0.3 is 0 Å². The van der Waals surface area contributed by atoms with E-state index in [-0.39, 0.29) is 5.91 Å². The molecule has 0 fully saturated rings. The Balaban J connectivity index is 1.76. The molecule has 2 rings (SSSR count). The van der Waals surface area contributed by atoms with Gasteiger partial charge in [-0.15, -0.1) is 0 Å². The number of hydrogen-bond acceptors (Lipinski definition) is 3. The number of nitrogens with one attached hydrogen (secondary N) is 1. The number of hydrogen-bond donors (Lipinski definition) is 1. The fraction of sp³-hybridized carbons (Fsp3) is 0.364. The predicted molar refractivity (Wildman–Crippen MR) is 117 cm³/mol. The van der Waals surface area contributed by atoms with Crippen molar-refractivity contribution in [3.8, 4) is 5.75 Å². The Morgan fingerprint density at radius 3 is 2.32 bits per heavy atom. The Hall–Kier alpha value is -2.04. The van der Waals surface area contributed by atoms with Crippen LogP contribution in [0.4, 0.5) is 0 Å². The van der Waals surface area contributed by atoms with Crippen molar-refractivity contribution < 1.29 is 9.53 Å². The van der Waals surface area contributed by atoms with E-state index >= 15 is 0 Å². The van der Waals surface area contributed by atoms with Gasteiger partial charge in [-0.25, -0.2) is 5.43 Å². The number of nitrogens with zero attached hydrogens (tertiary/aromatic N) is 1. The molecular weight excluding hydrogens is 395 g/mol. The van der Waals surface area contributed by atoms with Crippen LogP contribution in [0.15, 0.2) is 47.6 Å². The number of halogens is 2. The van der Waals surface area contributed by atoms with E-state index < -0.39 is 0 Å². The van der Waals surface area contributed by atoms with Gasteiger partial charge in [0.1, 0.15) is 5.75 Å². The first-order valence-electron chi connectivity index (χ1n) is 9.62. The molecule has 0 spiro atoms. The van der Waals surface area contributed by atoms with E-state index in [1.165, 1.54) is 38.3 Å². The minimum absolute atomic E-state index is 0.318. The first kappa shape index (κ1) is 22.3. The molecule has 0 aliphatic carbocycles. The molecule has 0 aliphatic heterocycles. The molecule has 150 valence electrons. The number of benzene rings is 2. The second-order valence-corrected chi connectivity index (χ2v) is 7.29. The highest BCUT2D eigenvalue weighted by atomic mass is 35.5. The molecule has 0 unspecified atom stereocenters. The number of hydrazone groups is 1. The Morgan fingerprint density at radius 1 is 1.00 bits per heavy atom. The Bertz CT molecular complexity index is 756. The SMILES string of the molecule is CCCCCCCCOc1ccc(C(=O)NN=Cc2c(Cl)cccc2Cl)cc1. The van der Waals surface area contributed by atoms with Gasteiger partial charge in [0, 0.05) is 11.1 Å². The maximum absolute atomic E-state index is 12.2. The molecule has 1 N–H and O–H groups in total. The summed E-state index contributed by atoms with van der Waals surface area (Å²) in [6.45, 7) is 2.91. The van der Waals surface area contributed by atoms with Gasteiger partial charge in [-0.2, -0.15) is 5.10 Å². The van der Waals surface area contributed by atoms with Crippen molar-refractivity contribution in [2.24, 2.45) is 5.10 Å². The summed E-state index contributed by atoms with van der Waals surface area (Å²) >= 11 is 12.1.